The molecule has 0 heterocycles. The number of hydrogen-bond donors (Lipinski definition) is 1. The van der Waals surface area contributed by atoms with Gasteiger partial charge in [-0.1, -0.05) is 59.6 Å². The highest BCUT2D eigenvalue weighted by Crippen LogP contribution is 2.26. The van der Waals surface area contributed by atoms with Crippen LogP contribution >= 0.6 is 23.2 Å². The van der Waals surface area contributed by atoms with E-state index in [0.29, 0.717) is 21.3 Å². The number of amides is 2. The second-order valence-electron chi connectivity index (χ2n) is 8.22. The topological polar surface area (TPSA) is 86.8 Å². The summed E-state index contributed by atoms with van der Waals surface area (Å²) >= 11 is 12.2. The van der Waals surface area contributed by atoms with Crippen molar-refractivity contribution in [1.29, 1.82) is 0 Å². The molecule has 2 amide bonds. The van der Waals surface area contributed by atoms with Crippen molar-refractivity contribution in [3.05, 3.63) is 94.0 Å². The van der Waals surface area contributed by atoms with E-state index < -0.39 is 34.4 Å². The zero-order chi connectivity index (χ0) is 26.5. The van der Waals surface area contributed by atoms with Crippen molar-refractivity contribution in [2.45, 2.75) is 31.3 Å². The zero-order valence-electron chi connectivity index (χ0n) is 20.1. The molecule has 0 fully saturated rings. The van der Waals surface area contributed by atoms with Gasteiger partial charge in [0.15, 0.2) is 0 Å². The first-order valence-electron chi connectivity index (χ1n) is 11.1. The van der Waals surface area contributed by atoms with Gasteiger partial charge in [0.2, 0.25) is 11.8 Å². The summed E-state index contributed by atoms with van der Waals surface area (Å²) in [5.74, 6) is -0.949. The number of aryl methyl sites for hydroxylation is 1. The summed E-state index contributed by atoms with van der Waals surface area (Å²) in [5, 5.41) is 3.21. The molecule has 1 atom stereocenters. The molecule has 10 heteroatoms. The first kappa shape index (κ1) is 27.5. The number of anilines is 1. The molecule has 1 N–H and O–H groups in total. The highest BCUT2D eigenvalue weighted by atomic mass is 35.5. The molecule has 0 saturated heterocycles. The molecule has 0 aliphatic carbocycles. The molecule has 3 rings (SSSR count). The Morgan fingerprint density at radius 3 is 2.25 bits per heavy atom. The number of halogens is 2. The second kappa shape index (κ2) is 11.8. The minimum atomic E-state index is -4.09. The van der Waals surface area contributed by atoms with Crippen LogP contribution in [0.5, 0.6) is 0 Å². The summed E-state index contributed by atoms with van der Waals surface area (Å²) in [6.07, 6.45) is 0. The van der Waals surface area contributed by atoms with Gasteiger partial charge in [-0.05, 0) is 61.4 Å². The lowest BCUT2D eigenvalue weighted by Gasteiger charge is -2.32. The van der Waals surface area contributed by atoms with Gasteiger partial charge in [0, 0.05) is 13.6 Å². The minimum Gasteiger partial charge on any atom is -0.357 e. The zero-order valence-corrected chi connectivity index (χ0v) is 22.4. The van der Waals surface area contributed by atoms with Crippen molar-refractivity contribution in [2.24, 2.45) is 0 Å². The van der Waals surface area contributed by atoms with E-state index in [1.165, 1.54) is 24.1 Å². The molecule has 0 aliphatic heterocycles. The number of nitrogens with zero attached hydrogens (tertiary/aromatic N) is 2. The average molecular weight is 548 g/mol. The highest BCUT2D eigenvalue weighted by Gasteiger charge is 2.32. The predicted molar refractivity (Wildman–Crippen MR) is 143 cm³/mol. The van der Waals surface area contributed by atoms with Gasteiger partial charge in [-0.15, -0.1) is 0 Å². The van der Waals surface area contributed by atoms with E-state index in [0.717, 1.165) is 9.87 Å². The Balaban J connectivity index is 2.03. The second-order valence-corrected chi connectivity index (χ2v) is 10.9. The molecule has 3 aromatic rings. The average Bonchev–Trinajstić information content (AvgIpc) is 2.87. The Labute approximate surface area is 221 Å². The quantitative estimate of drug-likeness (QED) is 0.422. The Bertz CT molecular complexity index is 1350. The smallest absolute Gasteiger partial charge is 0.264 e. The molecule has 0 bridgehead atoms. The van der Waals surface area contributed by atoms with Crippen molar-refractivity contribution in [3.63, 3.8) is 0 Å². The molecule has 0 spiro atoms. The van der Waals surface area contributed by atoms with Crippen LogP contribution < -0.4 is 9.62 Å². The van der Waals surface area contributed by atoms with Crippen molar-refractivity contribution in [2.75, 3.05) is 17.9 Å². The van der Waals surface area contributed by atoms with E-state index in [-0.39, 0.29) is 11.4 Å². The number of benzene rings is 3. The normalized spacial score (nSPS) is 12.0. The van der Waals surface area contributed by atoms with Crippen LogP contribution in [0.25, 0.3) is 0 Å². The maximum absolute atomic E-state index is 13.7. The van der Waals surface area contributed by atoms with E-state index in [2.05, 4.69) is 5.32 Å². The summed E-state index contributed by atoms with van der Waals surface area (Å²) in [4.78, 5) is 27.6. The number of carbonyl (C=O) groups is 2. The van der Waals surface area contributed by atoms with Crippen molar-refractivity contribution < 1.29 is 18.0 Å². The first-order valence-corrected chi connectivity index (χ1v) is 13.3. The van der Waals surface area contributed by atoms with Gasteiger partial charge in [-0.25, -0.2) is 8.42 Å². The van der Waals surface area contributed by atoms with Gasteiger partial charge in [0.05, 0.1) is 20.6 Å². The standard InChI is InChI=1S/C26H27Cl2N3O4S/c1-18-8-7-9-21(14-18)31(36(34,35)22-10-5-4-6-11-22)17-25(32)30(19(2)26(33)29-3)16-20-12-13-23(27)24(28)15-20/h4-15,19H,16-17H2,1-3H3,(H,29,33)/t19-/m1/s1. The number of likely N-dealkylation sites (N-methyl/N-ethyl adjacent to an activating group) is 1. The van der Waals surface area contributed by atoms with Gasteiger partial charge in [0.25, 0.3) is 10.0 Å². The monoisotopic (exact) mass is 547 g/mol. The molecule has 7 nitrogen and oxygen atoms in total. The van der Waals surface area contributed by atoms with Gasteiger partial charge in [-0.2, -0.15) is 0 Å². The van der Waals surface area contributed by atoms with Crippen LogP contribution in [0.2, 0.25) is 10.0 Å². The Morgan fingerprint density at radius 1 is 0.944 bits per heavy atom. The van der Waals surface area contributed by atoms with Crippen LogP contribution in [0.4, 0.5) is 5.69 Å². The number of rotatable bonds is 9. The number of carbonyl (C=O) groups excluding carboxylic acids is 2. The fourth-order valence-corrected chi connectivity index (χ4v) is 5.41. The van der Waals surface area contributed by atoms with E-state index in [1.54, 1.807) is 61.5 Å². The fourth-order valence-electron chi connectivity index (χ4n) is 3.66. The lowest BCUT2D eigenvalue weighted by atomic mass is 10.1. The molecule has 0 saturated carbocycles. The summed E-state index contributed by atoms with van der Waals surface area (Å²) in [6.45, 7) is 2.93. The predicted octanol–water partition coefficient (Wildman–Crippen LogP) is 4.66. The lowest BCUT2D eigenvalue weighted by molar-refractivity contribution is -0.139. The van der Waals surface area contributed by atoms with Gasteiger partial charge >= 0.3 is 0 Å². The maximum Gasteiger partial charge on any atom is 0.264 e. The molecule has 36 heavy (non-hydrogen) atoms. The van der Waals surface area contributed by atoms with Crippen LogP contribution in [0.1, 0.15) is 18.1 Å². The summed E-state index contributed by atoms with van der Waals surface area (Å²) in [5.41, 5.74) is 1.82. The van der Waals surface area contributed by atoms with E-state index in [9.17, 15) is 18.0 Å². The molecule has 0 radical (unpaired) electrons. The Hall–Kier alpha value is -3.07. The number of nitrogens with one attached hydrogen (secondary N) is 1. The highest BCUT2D eigenvalue weighted by molar-refractivity contribution is 7.92. The Morgan fingerprint density at radius 2 is 1.64 bits per heavy atom. The molecule has 0 aliphatic rings. The number of sulfonamides is 1. The lowest BCUT2D eigenvalue weighted by Crippen LogP contribution is -2.50. The Kier molecular flexibility index (Phi) is 9.00. The van der Waals surface area contributed by atoms with Crippen molar-refractivity contribution in [3.8, 4) is 0 Å². The van der Waals surface area contributed by atoms with Crippen LogP contribution in [0, 0.1) is 6.92 Å². The first-order chi connectivity index (χ1) is 17.0. The molecule has 190 valence electrons. The van der Waals surface area contributed by atoms with Crippen LogP contribution in [0.3, 0.4) is 0 Å². The van der Waals surface area contributed by atoms with Crippen LogP contribution in [-0.4, -0.2) is 44.8 Å². The van der Waals surface area contributed by atoms with Gasteiger partial charge in [-0.3, -0.25) is 13.9 Å². The molecular formula is C26H27Cl2N3O4S. The maximum atomic E-state index is 13.7. The van der Waals surface area contributed by atoms with Crippen molar-refractivity contribution >= 4 is 50.7 Å². The van der Waals surface area contributed by atoms with Crippen LogP contribution in [0.15, 0.2) is 77.7 Å². The minimum absolute atomic E-state index is 0.0251. The summed E-state index contributed by atoms with van der Waals surface area (Å²) in [7, 11) is -2.62. The molecular weight excluding hydrogens is 521 g/mol. The summed E-state index contributed by atoms with van der Waals surface area (Å²) in [6, 6.07) is 18.8. The summed E-state index contributed by atoms with van der Waals surface area (Å²) < 4.78 is 28.4. The number of hydrogen-bond acceptors (Lipinski definition) is 4. The van der Waals surface area contributed by atoms with Gasteiger partial charge < -0.3 is 10.2 Å². The van der Waals surface area contributed by atoms with E-state index >= 15 is 0 Å². The van der Waals surface area contributed by atoms with Crippen LogP contribution in [-0.2, 0) is 26.2 Å². The van der Waals surface area contributed by atoms with E-state index in [1.807, 2.05) is 13.0 Å². The van der Waals surface area contributed by atoms with Crippen molar-refractivity contribution in [1.82, 2.24) is 10.2 Å². The molecule has 0 unspecified atom stereocenters. The van der Waals surface area contributed by atoms with Gasteiger partial charge in [0.1, 0.15) is 12.6 Å². The third-order valence-corrected chi connectivity index (χ3v) is 8.18. The largest absolute Gasteiger partial charge is 0.357 e. The SMILES string of the molecule is CNC(=O)[C@@H](C)N(Cc1ccc(Cl)c(Cl)c1)C(=O)CN(c1cccc(C)c1)S(=O)(=O)c1ccccc1. The fraction of sp³-hybridized carbons (Fsp3) is 0.231. The molecule has 3 aromatic carbocycles. The molecule has 0 aromatic heterocycles. The third kappa shape index (κ3) is 6.37. The third-order valence-electron chi connectivity index (χ3n) is 5.65. The van der Waals surface area contributed by atoms with E-state index in [4.69, 9.17) is 23.2 Å².